The van der Waals surface area contributed by atoms with E-state index in [4.69, 9.17) is 4.74 Å². The first-order valence-corrected chi connectivity index (χ1v) is 7.27. The molecule has 3 aromatic rings. The average molecular weight is 293 g/mol. The normalized spacial score (nSPS) is 10.6. The molecule has 3 rings (SSSR count). The lowest BCUT2D eigenvalue weighted by molar-refractivity contribution is 0.185. The molecule has 0 fully saturated rings. The summed E-state index contributed by atoms with van der Waals surface area (Å²) in [4.78, 5) is 0. The highest BCUT2D eigenvalue weighted by Gasteiger charge is 2.04. The first-order chi connectivity index (χ1) is 10.9. The van der Waals surface area contributed by atoms with Crippen molar-refractivity contribution in [3.8, 4) is 5.69 Å². The minimum Gasteiger partial charge on any atom is -0.380 e. The number of nitrogens with one attached hydrogen (secondary N) is 1. The van der Waals surface area contributed by atoms with E-state index in [9.17, 15) is 0 Å². The Labute approximate surface area is 130 Å². The van der Waals surface area contributed by atoms with Crippen LogP contribution in [0.15, 0.2) is 66.9 Å². The minimum atomic E-state index is 0.599. The summed E-state index contributed by atoms with van der Waals surface area (Å²) in [5.41, 5.74) is 4.29. The maximum absolute atomic E-state index is 5.22. The van der Waals surface area contributed by atoms with E-state index in [2.05, 4.69) is 22.5 Å². The quantitative estimate of drug-likeness (QED) is 0.754. The van der Waals surface area contributed by atoms with Gasteiger partial charge in [-0.25, -0.2) is 4.68 Å². The van der Waals surface area contributed by atoms with Gasteiger partial charge in [-0.2, -0.15) is 5.10 Å². The number of benzene rings is 2. The van der Waals surface area contributed by atoms with Crippen LogP contribution in [0.5, 0.6) is 0 Å². The van der Waals surface area contributed by atoms with Crippen molar-refractivity contribution in [2.24, 2.45) is 0 Å². The van der Waals surface area contributed by atoms with Crippen LogP contribution in [0.25, 0.3) is 5.69 Å². The van der Waals surface area contributed by atoms with Crippen LogP contribution >= 0.6 is 0 Å². The first-order valence-electron chi connectivity index (χ1n) is 7.27. The fraction of sp³-hybridized carbons (Fsp3) is 0.167. The van der Waals surface area contributed by atoms with E-state index in [0.717, 1.165) is 22.6 Å². The van der Waals surface area contributed by atoms with Gasteiger partial charge in [-0.3, -0.25) is 0 Å². The van der Waals surface area contributed by atoms with Gasteiger partial charge < -0.3 is 10.1 Å². The molecular formula is C18H19N3O. The molecule has 0 atom stereocenters. The number of rotatable bonds is 6. The molecule has 0 saturated carbocycles. The number of hydrogen-bond donors (Lipinski definition) is 1. The standard InChI is InChI=1S/C18H19N3O/c1-22-14-15-7-5-6-10-18(15)19-13-16-11-12-21(20-16)17-8-3-2-4-9-17/h2-12,19H,13-14H2,1H3. The Hall–Kier alpha value is -2.59. The number of methoxy groups -OCH3 is 1. The Balaban J connectivity index is 1.69. The zero-order chi connectivity index (χ0) is 15.2. The summed E-state index contributed by atoms with van der Waals surface area (Å²) in [7, 11) is 1.71. The Morgan fingerprint density at radius 1 is 1.00 bits per heavy atom. The second kappa shape index (κ2) is 6.91. The van der Waals surface area contributed by atoms with Crippen LogP contribution in [0.1, 0.15) is 11.3 Å². The zero-order valence-corrected chi connectivity index (χ0v) is 12.6. The summed E-state index contributed by atoms with van der Waals surface area (Å²) < 4.78 is 7.11. The van der Waals surface area contributed by atoms with Crippen LogP contribution in [0.4, 0.5) is 5.69 Å². The van der Waals surface area contributed by atoms with Gasteiger partial charge in [0.25, 0.3) is 0 Å². The van der Waals surface area contributed by atoms with Crippen LogP contribution in [-0.2, 0) is 17.9 Å². The molecule has 1 aromatic heterocycles. The number of hydrogen-bond acceptors (Lipinski definition) is 3. The second-order valence-electron chi connectivity index (χ2n) is 5.03. The molecule has 0 aliphatic heterocycles. The third-order valence-corrected chi connectivity index (χ3v) is 3.44. The Morgan fingerprint density at radius 2 is 1.77 bits per heavy atom. The summed E-state index contributed by atoms with van der Waals surface area (Å²) in [6.07, 6.45) is 1.98. The maximum atomic E-state index is 5.22. The predicted molar refractivity (Wildman–Crippen MR) is 88.0 cm³/mol. The van der Waals surface area contributed by atoms with Gasteiger partial charge in [-0.1, -0.05) is 36.4 Å². The second-order valence-corrected chi connectivity index (χ2v) is 5.03. The van der Waals surface area contributed by atoms with Crippen molar-refractivity contribution in [1.29, 1.82) is 0 Å². The Kier molecular flexibility index (Phi) is 4.51. The number of ether oxygens (including phenoxy) is 1. The lowest BCUT2D eigenvalue weighted by Crippen LogP contribution is -2.04. The SMILES string of the molecule is COCc1ccccc1NCc1ccn(-c2ccccc2)n1. The maximum Gasteiger partial charge on any atom is 0.0819 e. The van der Waals surface area contributed by atoms with Gasteiger partial charge in [-0.05, 0) is 24.3 Å². The summed E-state index contributed by atoms with van der Waals surface area (Å²) in [6.45, 7) is 1.28. The fourth-order valence-corrected chi connectivity index (χ4v) is 2.34. The summed E-state index contributed by atoms with van der Waals surface area (Å²) in [5.74, 6) is 0. The zero-order valence-electron chi connectivity index (χ0n) is 12.6. The Morgan fingerprint density at radius 3 is 2.59 bits per heavy atom. The van der Waals surface area contributed by atoms with Gasteiger partial charge >= 0.3 is 0 Å². The number of anilines is 1. The molecule has 0 spiro atoms. The monoisotopic (exact) mass is 293 g/mol. The minimum absolute atomic E-state index is 0.599. The van der Waals surface area contributed by atoms with Crippen molar-refractivity contribution in [2.45, 2.75) is 13.2 Å². The van der Waals surface area contributed by atoms with Crippen LogP contribution in [0.3, 0.4) is 0 Å². The molecule has 2 aromatic carbocycles. The van der Waals surface area contributed by atoms with Crippen LogP contribution in [-0.4, -0.2) is 16.9 Å². The molecule has 0 saturated heterocycles. The highest BCUT2D eigenvalue weighted by atomic mass is 16.5. The van der Waals surface area contributed by atoms with Crippen molar-refractivity contribution in [2.75, 3.05) is 12.4 Å². The lowest BCUT2D eigenvalue weighted by atomic mass is 10.2. The number of aromatic nitrogens is 2. The Bertz CT molecular complexity index is 722. The van der Waals surface area contributed by atoms with Crippen molar-refractivity contribution in [1.82, 2.24) is 9.78 Å². The van der Waals surface area contributed by atoms with Gasteiger partial charge in [-0.15, -0.1) is 0 Å². The summed E-state index contributed by atoms with van der Waals surface area (Å²) >= 11 is 0. The molecule has 0 amide bonds. The number of nitrogens with zero attached hydrogens (tertiary/aromatic N) is 2. The molecule has 22 heavy (non-hydrogen) atoms. The first kappa shape index (κ1) is 14.4. The third kappa shape index (κ3) is 3.35. The largest absolute Gasteiger partial charge is 0.380 e. The van der Waals surface area contributed by atoms with Gasteiger partial charge in [0.2, 0.25) is 0 Å². The van der Waals surface area contributed by atoms with Crippen molar-refractivity contribution >= 4 is 5.69 Å². The molecule has 1 N–H and O–H groups in total. The van der Waals surface area contributed by atoms with Gasteiger partial charge in [0.15, 0.2) is 0 Å². The van der Waals surface area contributed by atoms with Crippen molar-refractivity contribution < 1.29 is 4.74 Å². The average Bonchev–Trinajstić information content (AvgIpc) is 3.04. The highest BCUT2D eigenvalue weighted by Crippen LogP contribution is 2.17. The molecule has 0 aliphatic carbocycles. The molecule has 0 radical (unpaired) electrons. The van der Waals surface area contributed by atoms with E-state index in [0.29, 0.717) is 13.2 Å². The van der Waals surface area contributed by atoms with Crippen LogP contribution in [0.2, 0.25) is 0 Å². The van der Waals surface area contributed by atoms with Crippen molar-refractivity contribution in [3.05, 3.63) is 78.1 Å². The summed E-state index contributed by atoms with van der Waals surface area (Å²) in [5, 5.41) is 8.02. The molecule has 4 nitrogen and oxygen atoms in total. The third-order valence-electron chi connectivity index (χ3n) is 3.44. The molecular weight excluding hydrogens is 274 g/mol. The molecule has 0 bridgehead atoms. The van der Waals surface area contributed by atoms with Gasteiger partial charge in [0.05, 0.1) is 24.5 Å². The van der Waals surface area contributed by atoms with Crippen LogP contribution in [0, 0.1) is 0 Å². The van der Waals surface area contributed by atoms with E-state index >= 15 is 0 Å². The molecule has 1 heterocycles. The van der Waals surface area contributed by atoms with E-state index in [1.807, 2.05) is 59.4 Å². The molecule has 0 aliphatic rings. The van der Waals surface area contributed by atoms with Crippen molar-refractivity contribution in [3.63, 3.8) is 0 Å². The fourth-order valence-electron chi connectivity index (χ4n) is 2.34. The van der Waals surface area contributed by atoms with Gasteiger partial charge in [0, 0.05) is 24.6 Å². The molecule has 4 heteroatoms. The highest BCUT2D eigenvalue weighted by molar-refractivity contribution is 5.50. The van der Waals surface area contributed by atoms with E-state index in [1.165, 1.54) is 0 Å². The summed E-state index contributed by atoms with van der Waals surface area (Å²) in [6, 6.07) is 20.3. The van der Waals surface area contributed by atoms with Crippen LogP contribution < -0.4 is 5.32 Å². The molecule has 0 unspecified atom stereocenters. The number of para-hydroxylation sites is 2. The van der Waals surface area contributed by atoms with Gasteiger partial charge in [0.1, 0.15) is 0 Å². The molecule has 112 valence electrons. The topological polar surface area (TPSA) is 39.1 Å². The van der Waals surface area contributed by atoms with E-state index in [1.54, 1.807) is 7.11 Å². The predicted octanol–water partition coefficient (Wildman–Crippen LogP) is 3.63. The van der Waals surface area contributed by atoms with E-state index in [-0.39, 0.29) is 0 Å². The smallest absolute Gasteiger partial charge is 0.0819 e. The lowest BCUT2D eigenvalue weighted by Gasteiger charge is -2.10. The van der Waals surface area contributed by atoms with E-state index < -0.39 is 0 Å².